The molecule has 1 amide bonds. The molecular formula is C30H49F2NO2. The Balaban J connectivity index is -0.000000536. The average Bonchev–Trinajstić information content (AvgIpc) is 2.82. The minimum Gasteiger partial charge on any atom is -0.352 e. The van der Waals surface area contributed by atoms with Crippen LogP contribution in [0, 0.1) is 17.6 Å². The van der Waals surface area contributed by atoms with Crippen LogP contribution in [0.4, 0.5) is 8.78 Å². The largest absolute Gasteiger partial charge is 0.352 e. The van der Waals surface area contributed by atoms with Crippen LogP contribution in [0.15, 0.2) is 54.2 Å². The lowest BCUT2D eigenvalue weighted by molar-refractivity contribution is -0.117. The summed E-state index contributed by atoms with van der Waals surface area (Å²) in [5, 5.41) is 3.04. The molecule has 0 fully saturated rings. The van der Waals surface area contributed by atoms with Crippen LogP contribution in [-0.2, 0) is 16.0 Å². The molecule has 5 heteroatoms. The van der Waals surface area contributed by atoms with Gasteiger partial charge in [0.05, 0.1) is 0 Å². The zero-order valence-electron chi connectivity index (χ0n) is 23.3. The van der Waals surface area contributed by atoms with E-state index >= 15 is 0 Å². The van der Waals surface area contributed by atoms with E-state index in [2.05, 4.69) is 25.7 Å². The number of hydrogen-bond acceptors (Lipinski definition) is 2. The van der Waals surface area contributed by atoms with Gasteiger partial charge in [0, 0.05) is 17.7 Å². The van der Waals surface area contributed by atoms with E-state index < -0.39 is 11.6 Å². The summed E-state index contributed by atoms with van der Waals surface area (Å²) in [5.74, 6) is -0.285. The number of carbonyl (C=O) groups is 2. The second-order valence-corrected chi connectivity index (χ2v) is 7.79. The molecule has 0 aliphatic heterocycles. The Morgan fingerprint density at radius 1 is 1.03 bits per heavy atom. The van der Waals surface area contributed by atoms with Gasteiger partial charge in [-0.1, -0.05) is 84.3 Å². The normalized spacial score (nSPS) is 10.3. The summed E-state index contributed by atoms with van der Waals surface area (Å²) in [4.78, 5) is 20.9. The van der Waals surface area contributed by atoms with Crippen LogP contribution in [-0.4, -0.2) is 18.7 Å². The van der Waals surface area contributed by atoms with Gasteiger partial charge < -0.3 is 10.1 Å². The van der Waals surface area contributed by atoms with Crippen molar-refractivity contribution >= 4 is 12.2 Å². The van der Waals surface area contributed by atoms with Crippen molar-refractivity contribution in [3.8, 4) is 0 Å². The molecule has 0 radical (unpaired) electrons. The summed E-state index contributed by atoms with van der Waals surface area (Å²) >= 11 is 0. The zero-order valence-corrected chi connectivity index (χ0v) is 23.3. The van der Waals surface area contributed by atoms with E-state index in [1.807, 2.05) is 52.8 Å². The van der Waals surface area contributed by atoms with E-state index in [0.29, 0.717) is 17.9 Å². The standard InChI is InChI=1S/C17H29NO.C9H10F2.C2H4O.C2H6/c1-6-9-15(10-7-2)13-18-17(19)16(11-8-3)12-14(4)5;1-2-4-7-8(10)5-3-6-9(7)11;1-2-3;1-2/h8,11-12,15H,4,6-7,9-10,13H2,1-3,5H3,(H,18,19);3,5-6H,2,4H2,1H3;2H,1H3;1-2H3/b11-8-,16-12+;;;. The maximum atomic E-state index is 12.8. The van der Waals surface area contributed by atoms with E-state index in [4.69, 9.17) is 4.79 Å². The van der Waals surface area contributed by atoms with Gasteiger partial charge >= 0.3 is 0 Å². The van der Waals surface area contributed by atoms with Crippen LogP contribution in [0.2, 0.25) is 0 Å². The number of halogens is 2. The molecule has 0 bridgehead atoms. The molecule has 0 aromatic heterocycles. The van der Waals surface area contributed by atoms with Crippen LogP contribution in [0.1, 0.15) is 93.1 Å². The number of hydrogen-bond donors (Lipinski definition) is 1. The van der Waals surface area contributed by atoms with Crippen LogP contribution >= 0.6 is 0 Å². The highest BCUT2D eigenvalue weighted by atomic mass is 19.1. The molecule has 0 unspecified atom stereocenters. The molecule has 1 aromatic carbocycles. The minimum absolute atomic E-state index is 0.00157. The van der Waals surface area contributed by atoms with Gasteiger partial charge in [0.15, 0.2) is 0 Å². The Hall–Kier alpha value is -2.56. The van der Waals surface area contributed by atoms with E-state index in [1.54, 1.807) is 0 Å². The maximum absolute atomic E-state index is 12.8. The van der Waals surface area contributed by atoms with Crippen molar-refractivity contribution in [1.82, 2.24) is 5.32 Å². The first-order valence-corrected chi connectivity index (χ1v) is 12.8. The SMILES string of the molecule is C=C(C)/C=C(\C=C/C)C(=O)NCC(CCC)CCC.CC.CC=O.CCCc1c(F)cccc1F. The Morgan fingerprint density at radius 2 is 1.51 bits per heavy atom. The summed E-state index contributed by atoms with van der Waals surface area (Å²) in [5.41, 5.74) is 1.78. The molecule has 0 heterocycles. The summed E-state index contributed by atoms with van der Waals surface area (Å²) in [6.07, 6.45) is 12.2. The third kappa shape index (κ3) is 20.5. The predicted octanol–water partition coefficient (Wildman–Crippen LogP) is 8.55. The topological polar surface area (TPSA) is 46.2 Å². The first kappa shape index (κ1) is 37.0. The number of rotatable bonds is 11. The summed E-state index contributed by atoms with van der Waals surface area (Å²) in [6.45, 7) is 20.1. The Kier molecular flexibility index (Phi) is 27.5. The first-order valence-electron chi connectivity index (χ1n) is 12.8. The maximum Gasteiger partial charge on any atom is 0.251 e. The fraction of sp³-hybridized carbons (Fsp3) is 0.533. The van der Waals surface area contributed by atoms with Gasteiger partial charge in [-0.25, -0.2) is 8.78 Å². The van der Waals surface area contributed by atoms with Gasteiger partial charge in [0.1, 0.15) is 17.9 Å². The molecule has 3 nitrogen and oxygen atoms in total. The third-order valence-electron chi connectivity index (χ3n) is 4.52. The van der Waals surface area contributed by atoms with Gasteiger partial charge in [0.25, 0.3) is 5.91 Å². The van der Waals surface area contributed by atoms with Crippen molar-refractivity contribution in [2.24, 2.45) is 5.92 Å². The van der Waals surface area contributed by atoms with Gasteiger partial charge in [-0.15, -0.1) is 0 Å². The molecule has 1 N–H and O–H groups in total. The molecule has 0 atom stereocenters. The number of allylic oxidation sites excluding steroid dienone is 3. The van der Waals surface area contributed by atoms with Crippen molar-refractivity contribution < 1.29 is 18.4 Å². The lowest BCUT2D eigenvalue weighted by Gasteiger charge is -2.16. The number of aldehydes is 1. The average molecular weight is 494 g/mol. The van der Waals surface area contributed by atoms with E-state index in [9.17, 15) is 13.6 Å². The van der Waals surface area contributed by atoms with Gasteiger partial charge in [-0.2, -0.15) is 0 Å². The predicted molar refractivity (Wildman–Crippen MR) is 147 cm³/mol. The molecule has 35 heavy (non-hydrogen) atoms. The van der Waals surface area contributed by atoms with E-state index in [-0.39, 0.29) is 11.5 Å². The number of nitrogens with one attached hydrogen (secondary N) is 1. The molecule has 0 aliphatic carbocycles. The first-order chi connectivity index (χ1) is 16.7. The summed E-state index contributed by atoms with van der Waals surface area (Å²) < 4.78 is 25.6. The lowest BCUT2D eigenvalue weighted by atomic mass is 9.98. The van der Waals surface area contributed by atoms with Crippen molar-refractivity contribution in [3.05, 3.63) is 71.4 Å². The van der Waals surface area contributed by atoms with Gasteiger partial charge in [0.2, 0.25) is 0 Å². The molecular weight excluding hydrogens is 444 g/mol. The van der Waals surface area contributed by atoms with Crippen molar-refractivity contribution in [3.63, 3.8) is 0 Å². The Labute approximate surface area is 213 Å². The van der Waals surface area contributed by atoms with Crippen molar-refractivity contribution in [1.29, 1.82) is 0 Å². The second-order valence-electron chi connectivity index (χ2n) is 7.79. The highest BCUT2D eigenvalue weighted by Crippen LogP contribution is 2.14. The monoisotopic (exact) mass is 493 g/mol. The van der Waals surface area contributed by atoms with Gasteiger partial charge in [-0.3, -0.25) is 4.79 Å². The van der Waals surface area contributed by atoms with Crippen LogP contribution < -0.4 is 5.32 Å². The highest BCUT2D eigenvalue weighted by Gasteiger charge is 2.11. The molecule has 200 valence electrons. The van der Waals surface area contributed by atoms with Crippen molar-refractivity contribution in [2.75, 3.05) is 6.54 Å². The lowest BCUT2D eigenvalue weighted by Crippen LogP contribution is -2.30. The second kappa shape index (κ2) is 26.1. The highest BCUT2D eigenvalue weighted by molar-refractivity contribution is 5.96. The summed E-state index contributed by atoms with van der Waals surface area (Å²) in [7, 11) is 0. The quantitative estimate of drug-likeness (QED) is 0.191. The number of benzene rings is 1. The van der Waals surface area contributed by atoms with E-state index in [1.165, 1.54) is 50.8 Å². The molecule has 0 saturated carbocycles. The smallest absolute Gasteiger partial charge is 0.251 e. The molecule has 0 spiro atoms. The molecule has 0 aliphatic rings. The van der Waals surface area contributed by atoms with Gasteiger partial charge in [-0.05, 0) is 64.2 Å². The number of amides is 1. The van der Waals surface area contributed by atoms with E-state index in [0.717, 1.165) is 24.8 Å². The molecule has 1 rings (SSSR count). The zero-order chi connectivity index (χ0) is 27.6. The fourth-order valence-electron chi connectivity index (χ4n) is 3.16. The third-order valence-corrected chi connectivity index (χ3v) is 4.52. The Morgan fingerprint density at radius 3 is 1.89 bits per heavy atom. The summed E-state index contributed by atoms with van der Waals surface area (Å²) in [6, 6.07) is 3.95. The minimum atomic E-state index is -0.438. The van der Waals surface area contributed by atoms with Crippen LogP contribution in [0.25, 0.3) is 0 Å². The molecule has 1 aromatic rings. The van der Waals surface area contributed by atoms with Crippen molar-refractivity contribution in [2.45, 2.75) is 93.9 Å². The van der Waals surface area contributed by atoms with Crippen LogP contribution in [0.3, 0.4) is 0 Å². The van der Waals surface area contributed by atoms with Crippen LogP contribution in [0.5, 0.6) is 0 Å². The number of carbonyl (C=O) groups excluding carboxylic acids is 2. The fourth-order valence-corrected chi connectivity index (χ4v) is 3.16. The molecule has 0 saturated heterocycles. The Bertz CT molecular complexity index is 728.